The first kappa shape index (κ1) is 15.0. The van der Waals surface area contributed by atoms with Crippen molar-refractivity contribution in [1.29, 1.82) is 5.26 Å². The molecule has 0 radical (unpaired) electrons. The Morgan fingerprint density at radius 2 is 2.13 bits per heavy atom. The van der Waals surface area contributed by atoms with Crippen LogP contribution in [0.15, 0.2) is 42.7 Å². The van der Waals surface area contributed by atoms with E-state index < -0.39 is 0 Å². The van der Waals surface area contributed by atoms with Crippen LogP contribution in [0.1, 0.15) is 24.6 Å². The number of carbonyl (C=O) groups excluding carboxylic acids is 1. The van der Waals surface area contributed by atoms with Gasteiger partial charge in [-0.25, -0.2) is 4.98 Å². The summed E-state index contributed by atoms with van der Waals surface area (Å²) in [6, 6.07) is 11.9. The molecule has 1 N–H and O–H groups in total. The molecule has 6 heteroatoms. The fourth-order valence-corrected chi connectivity index (χ4v) is 2.78. The van der Waals surface area contributed by atoms with E-state index in [9.17, 15) is 4.79 Å². The van der Waals surface area contributed by atoms with Gasteiger partial charge in [-0.2, -0.15) is 5.26 Å². The van der Waals surface area contributed by atoms with Gasteiger partial charge < -0.3 is 10.2 Å². The van der Waals surface area contributed by atoms with E-state index >= 15 is 0 Å². The highest BCUT2D eigenvalue weighted by atomic mass is 16.2. The van der Waals surface area contributed by atoms with Crippen molar-refractivity contribution < 1.29 is 4.79 Å². The number of benzene rings is 1. The summed E-state index contributed by atoms with van der Waals surface area (Å²) in [5, 5.41) is 12.1. The Kier molecular flexibility index (Phi) is 4.20. The smallest absolute Gasteiger partial charge is 0.225 e. The second-order valence-electron chi connectivity index (χ2n) is 5.60. The minimum absolute atomic E-state index is 0.0373. The van der Waals surface area contributed by atoms with Crippen LogP contribution in [-0.4, -0.2) is 32.9 Å². The Balaban J connectivity index is 1.70. The third kappa shape index (κ3) is 3.29. The molecular weight excluding hydrogens is 290 g/mol. The van der Waals surface area contributed by atoms with Gasteiger partial charge in [0.2, 0.25) is 5.91 Å². The number of likely N-dealkylation sites (tertiary alicyclic amines) is 1. The number of aromatic nitrogens is 2. The molecule has 1 aromatic heterocycles. The summed E-state index contributed by atoms with van der Waals surface area (Å²) in [5.41, 5.74) is 1.37. The van der Waals surface area contributed by atoms with Crippen LogP contribution in [0.4, 0.5) is 5.82 Å². The van der Waals surface area contributed by atoms with Gasteiger partial charge >= 0.3 is 0 Å². The molecule has 0 saturated carbocycles. The van der Waals surface area contributed by atoms with E-state index in [-0.39, 0.29) is 23.7 Å². The van der Waals surface area contributed by atoms with E-state index in [0.29, 0.717) is 18.8 Å². The minimum atomic E-state index is -0.0468. The van der Waals surface area contributed by atoms with Crippen molar-refractivity contribution in [2.24, 2.45) is 0 Å². The molecule has 6 nitrogen and oxygen atoms in total. The Bertz CT molecular complexity index is 740. The Hall–Kier alpha value is -2.94. The molecule has 1 aromatic carbocycles. The number of rotatable bonds is 4. The van der Waals surface area contributed by atoms with E-state index in [1.807, 2.05) is 48.2 Å². The van der Waals surface area contributed by atoms with E-state index in [0.717, 1.165) is 5.56 Å². The number of amides is 1. The second-order valence-corrected chi connectivity index (χ2v) is 5.60. The van der Waals surface area contributed by atoms with E-state index in [2.05, 4.69) is 15.3 Å². The van der Waals surface area contributed by atoms with Crippen LogP contribution in [0.3, 0.4) is 0 Å². The van der Waals surface area contributed by atoms with Crippen LogP contribution in [0.25, 0.3) is 0 Å². The van der Waals surface area contributed by atoms with Crippen LogP contribution < -0.4 is 5.32 Å². The topological polar surface area (TPSA) is 81.9 Å². The summed E-state index contributed by atoms with van der Waals surface area (Å²) in [6.45, 7) is 2.62. The van der Waals surface area contributed by atoms with Crippen molar-refractivity contribution in [3.05, 3.63) is 54.0 Å². The van der Waals surface area contributed by atoms with Crippen molar-refractivity contribution in [3.63, 3.8) is 0 Å². The molecule has 0 spiro atoms. The predicted octanol–water partition coefficient (Wildman–Crippen LogP) is 1.95. The Morgan fingerprint density at radius 1 is 1.35 bits per heavy atom. The maximum atomic E-state index is 12.3. The summed E-state index contributed by atoms with van der Waals surface area (Å²) >= 11 is 0. The lowest BCUT2D eigenvalue weighted by Crippen LogP contribution is -2.37. The SMILES string of the molecule is C[C@H]1[C@H](Nc2cncc(C#N)n2)CC(=O)N1Cc1ccccc1. The average Bonchev–Trinajstić information content (AvgIpc) is 2.83. The molecule has 23 heavy (non-hydrogen) atoms. The highest BCUT2D eigenvalue weighted by Gasteiger charge is 2.36. The highest BCUT2D eigenvalue weighted by molar-refractivity contribution is 5.80. The molecule has 0 bridgehead atoms. The molecule has 1 fully saturated rings. The zero-order valence-corrected chi connectivity index (χ0v) is 12.8. The first-order valence-electron chi connectivity index (χ1n) is 7.49. The molecule has 1 amide bonds. The van der Waals surface area contributed by atoms with E-state index in [1.165, 1.54) is 6.20 Å². The van der Waals surface area contributed by atoms with Gasteiger partial charge in [0.15, 0.2) is 5.69 Å². The van der Waals surface area contributed by atoms with Crippen LogP contribution in [0.5, 0.6) is 0 Å². The second kappa shape index (κ2) is 6.44. The normalized spacial score (nSPS) is 20.3. The van der Waals surface area contributed by atoms with Gasteiger partial charge in [0.05, 0.1) is 18.4 Å². The average molecular weight is 307 g/mol. The maximum Gasteiger partial charge on any atom is 0.225 e. The molecule has 116 valence electrons. The Labute approximate surface area is 134 Å². The number of hydrogen-bond acceptors (Lipinski definition) is 5. The molecule has 2 aromatic rings. The van der Waals surface area contributed by atoms with Crippen molar-refractivity contribution in [1.82, 2.24) is 14.9 Å². The zero-order valence-electron chi connectivity index (χ0n) is 12.8. The summed E-state index contributed by atoms with van der Waals surface area (Å²) in [5.74, 6) is 0.638. The first-order chi connectivity index (χ1) is 11.2. The van der Waals surface area contributed by atoms with Gasteiger partial charge in [-0.1, -0.05) is 30.3 Å². The molecule has 1 saturated heterocycles. The van der Waals surface area contributed by atoms with Gasteiger partial charge in [-0.05, 0) is 12.5 Å². The first-order valence-corrected chi connectivity index (χ1v) is 7.49. The largest absolute Gasteiger partial charge is 0.363 e. The fourth-order valence-electron chi connectivity index (χ4n) is 2.78. The lowest BCUT2D eigenvalue weighted by Gasteiger charge is -2.25. The minimum Gasteiger partial charge on any atom is -0.363 e. The van der Waals surface area contributed by atoms with Gasteiger partial charge in [-0.3, -0.25) is 9.78 Å². The molecule has 1 aliphatic rings. The lowest BCUT2D eigenvalue weighted by atomic mass is 10.1. The van der Waals surface area contributed by atoms with Crippen LogP contribution in [-0.2, 0) is 11.3 Å². The zero-order chi connectivity index (χ0) is 16.2. The lowest BCUT2D eigenvalue weighted by molar-refractivity contribution is -0.129. The number of hydrogen-bond donors (Lipinski definition) is 1. The summed E-state index contributed by atoms with van der Waals surface area (Å²) in [6.07, 6.45) is 3.39. The van der Waals surface area contributed by atoms with Crippen molar-refractivity contribution in [2.45, 2.75) is 32.0 Å². The molecule has 1 aliphatic heterocycles. The van der Waals surface area contributed by atoms with Gasteiger partial charge in [0.25, 0.3) is 0 Å². The number of nitrogens with one attached hydrogen (secondary N) is 1. The summed E-state index contributed by atoms with van der Waals surface area (Å²) in [4.78, 5) is 22.3. The van der Waals surface area contributed by atoms with Crippen molar-refractivity contribution >= 4 is 11.7 Å². The summed E-state index contributed by atoms with van der Waals surface area (Å²) < 4.78 is 0. The number of nitrogens with zero attached hydrogens (tertiary/aromatic N) is 4. The summed E-state index contributed by atoms with van der Waals surface area (Å²) in [7, 11) is 0. The van der Waals surface area contributed by atoms with E-state index in [4.69, 9.17) is 5.26 Å². The monoisotopic (exact) mass is 307 g/mol. The van der Waals surface area contributed by atoms with Crippen LogP contribution in [0, 0.1) is 11.3 Å². The highest BCUT2D eigenvalue weighted by Crippen LogP contribution is 2.24. The number of anilines is 1. The third-order valence-electron chi connectivity index (χ3n) is 4.07. The van der Waals surface area contributed by atoms with Gasteiger partial charge in [0, 0.05) is 19.0 Å². The molecule has 0 unspecified atom stereocenters. The standard InChI is InChI=1S/C17H17N5O/c1-12-15(21-16-10-19-9-14(8-18)20-16)7-17(23)22(12)11-13-5-3-2-4-6-13/h2-6,9-10,12,15H,7,11H2,1H3,(H,20,21)/t12-,15+/m0/s1. The van der Waals surface area contributed by atoms with Gasteiger partial charge in [0.1, 0.15) is 11.9 Å². The molecule has 0 aliphatic carbocycles. The van der Waals surface area contributed by atoms with Crippen molar-refractivity contribution in [3.8, 4) is 6.07 Å². The van der Waals surface area contributed by atoms with Crippen molar-refractivity contribution in [2.75, 3.05) is 5.32 Å². The number of carbonyl (C=O) groups is 1. The molecule has 2 heterocycles. The predicted molar refractivity (Wildman–Crippen MR) is 85.2 cm³/mol. The quantitative estimate of drug-likeness (QED) is 0.933. The third-order valence-corrected chi connectivity index (χ3v) is 4.07. The van der Waals surface area contributed by atoms with Crippen LogP contribution in [0.2, 0.25) is 0 Å². The maximum absolute atomic E-state index is 12.3. The number of nitriles is 1. The fraction of sp³-hybridized carbons (Fsp3) is 0.294. The molecule has 3 rings (SSSR count). The molecule has 2 atom stereocenters. The van der Waals surface area contributed by atoms with Crippen LogP contribution >= 0.6 is 0 Å². The molecular formula is C17H17N5O. The Morgan fingerprint density at radius 3 is 2.87 bits per heavy atom. The van der Waals surface area contributed by atoms with E-state index in [1.54, 1.807) is 6.20 Å². The van der Waals surface area contributed by atoms with Gasteiger partial charge in [-0.15, -0.1) is 0 Å².